The molecule has 0 radical (unpaired) electrons. The van der Waals surface area contributed by atoms with Crippen LogP contribution in [-0.2, 0) is 12.8 Å². The molecule has 0 fully saturated rings. The predicted molar refractivity (Wildman–Crippen MR) is 72.2 cm³/mol. The van der Waals surface area contributed by atoms with Gasteiger partial charge in [-0.3, -0.25) is 9.88 Å². The average Bonchev–Trinajstić information content (AvgIpc) is 2.28. The van der Waals surface area contributed by atoms with Crippen molar-refractivity contribution < 1.29 is 0 Å². The van der Waals surface area contributed by atoms with Gasteiger partial charge in [0.15, 0.2) is 0 Å². The van der Waals surface area contributed by atoms with Gasteiger partial charge in [-0.1, -0.05) is 6.07 Å². The second kappa shape index (κ2) is 5.18. The van der Waals surface area contributed by atoms with Crippen molar-refractivity contribution >= 4 is 0 Å². The van der Waals surface area contributed by atoms with Gasteiger partial charge >= 0.3 is 0 Å². The van der Waals surface area contributed by atoms with E-state index in [0.717, 1.165) is 6.42 Å². The van der Waals surface area contributed by atoms with E-state index in [4.69, 9.17) is 0 Å². The van der Waals surface area contributed by atoms with Crippen LogP contribution >= 0.6 is 0 Å². The number of aryl methyl sites for hydroxylation is 1. The zero-order valence-electron chi connectivity index (χ0n) is 11.5. The van der Waals surface area contributed by atoms with Crippen molar-refractivity contribution in [2.24, 2.45) is 0 Å². The summed E-state index contributed by atoms with van der Waals surface area (Å²) < 4.78 is 0. The van der Waals surface area contributed by atoms with Crippen molar-refractivity contribution in [1.82, 2.24) is 9.88 Å². The summed E-state index contributed by atoms with van der Waals surface area (Å²) in [5, 5.41) is 0. The van der Waals surface area contributed by atoms with E-state index in [1.165, 1.54) is 24.1 Å². The first-order valence-electron chi connectivity index (χ1n) is 6.79. The molecule has 17 heavy (non-hydrogen) atoms. The highest BCUT2D eigenvalue weighted by Gasteiger charge is 2.27. The molecule has 1 aliphatic rings. The van der Waals surface area contributed by atoms with Crippen LogP contribution < -0.4 is 0 Å². The summed E-state index contributed by atoms with van der Waals surface area (Å²) in [5.74, 6) is 0. The van der Waals surface area contributed by atoms with Gasteiger partial charge in [-0.05, 0) is 58.6 Å². The Bertz CT molecular complexity index is 363. The van der Waals surface area contributed by atoms with Crippen LogP contribution in [-0.4, -0.2) is 28.0 Å². The lowest BCUT2D eigenvalue weighted by atomic mass is 9.89. The molecule has 0 aromatic carbocycles. The number of fused-ring (bicyclic) bond motifs is 1. The molecule has 1 aromatic heterocycles. The first kappa shape index (κ1) is 12.6. The highest BCUT2D eigenvalue weighted by molar-refractivity contribution is 5.24. The number of rotatable bonds is 3. The molecule has 0 bridgehead atoms. The van der Waals surface area contributed by atoms with Gasteiger partial charge in [0.2, 0.25) is 0 Å². The minimum Gasteiger partial charge on any atom is -0.295 e. The molecule has 1 aliphatic carbocycles. The van der Waals surface area contributed by atoms with E-state index < -0.39 is 0 Å². The fraction of sp³-hybridized carbons (Fsp3) is 0.667. The summed E-state index contributed by atoms with van der Waals surface area (Å²) in [5.41, 5.74) is 2.77. The molecule has 0 aliphatic heterocycles. The number of hydrogen-bond donors (Lipinski definition) is 0. The molecule has 1 heterocycles. The zero-order valence-corrected chi connectivity index (χ0v) is 11.5. The van der Waals surface area contributed by atoms with Gasteiger partial charge in [-0.25, -0.2) is 0 Å². The predicted octanol–water partition coefficient (Wildman–Crippen LogP) is 3.06. The summed E-state index contributed by atoms with van der Waals surface area (Å²) in [4.78, 5) is 7.13. The molecule has 1 unspecified atom stereocenters. The number of hydrogen-bond acceptors (Lipinski definition) is 2. The molecule has 1 aromatic rings. The van der Waals surface area contributed by atoms with E-state index in [1.54, 1.807) is 0 Å². The van der Waals surface area contributed by atoms with Crippen molar-refractivity contribution in [3.63, 3.8) is 0 Å². The van der Waals surface area contributed by atoms with E-state index in [9.17, 15) is 0 Å². The first-order chi connectivity index (χ1) is 8.09. The van der Waals surface area contributed by atoms with Crippen LogP contribution in [0.2, 0.25) is 0 Å². The Morgan fingerprint density at radius 2 is 1.94 bits per heavy atom. The highest BCUT2D eigenvalue weighted by atomic mass is 15.2. The Labute approximate surface area is 105 Å². The van der Waals surface area contributed by atoms with Crippen LogP contribution in [0.1, 0.15) is 45.4 Å². The molecule has 2 rings (SSSR count). The topological polar surface area (TPSA) is 16.1 Å². The van der Waals surface area contributed by atoms with Crippen molar-refractivity contribution in [2.75, 3.05) is 0 Å². The van der Waals surface area contributed by atoms with E-state index in [2.05, 4.69) is 49.7 Å². The molecule has 2 heteroatoms. The molecule has 0 N–H and O–H groups in total. The number of nitrogens with zero attached hydrogens (tertiary/aromatic N) is 2. The van der Waals surface area contributed by atoms with Gasteiger partial charge in [0.1, 0.15) is 0 Å². The molecule has 94 valence electrons. The third kappa shape index (κ3) is 2.68. The lowest BCUT2D eigenvalue weighted by Gasteiger charge is -2.40. The quantitative estimate of drug-likeness (QED) is 0.796. The second-order valence-electron chi connectivity index (χ2n) is 5.64. The molecule has 0 amide bonds. The maximum Gasteiger partial charge on any atom is 0.0436 e. The van der Waals surface area contributed by atoms with Crippen molar-refractivity contribution in [1.29, 1.82) is 0 Å². The SMILES string of the molecule is CC(C)N(C(C)C)C1CCc2ncccc2C1. The molecular weight excluding hydrogens is 208 g/mol. The standard InChI is InChI=1S/C15H24N2/c1-11(2)17(12(3)4)14-7-8-15-13(10-14)6-5-9-16-15/h5-6,9,11-12,14H,7-8,10H2,1-4H3. The summed E-state index contributed by atoms with van der Waals surface area (Å²) in [6, 6.07) is 6.24. The third-order valence-electron chi connectivity index (χ3n) is 3.77. The molecule has 0 spiro atoms. The van der Waals surface area contributed by atoms with Gasteiger partial charge in [0.05, 0.1) is 0 Å². The zero-order chi connectivity index (χ0) is 12.4. The Hall–Kier alpha value is -0.890. The van der Waals surface area contributed by atoms with Crippen LogP contribution in [0.25, 0.3) is 0 Å². The maximum atomic E-state index is 4.48. The van der Waals surface area contributed by atoms with E-state index in [1.807, 2.05) is 6.20 Å². The van der Waals surface area contributed by atoms with E-state index in [-0.39, 0.29) is 0 Å². The molecule has 0 saturated heterocycles. The molecular formula is C15H24N2. The lowest BCUT2D eigenvalue weighted by molar-refractivity contribution is 0.102. The molecule has 0 saturated carbocycles. The van der Waals surface area contributed by atoms with Gasteiger partial charge in [0, 0.05) is 30.0 Å². The van der Waals surface area contributed by atoms with Crippen LogP contribution in [0, 0.1) is 0 Å². The van der Waals surface area contributed by atoms with Crippen LogP contribution in [0.15, 0.2) is 18.3 Å². The fourth-order valence-corrected chi connectivity index (χ4v) is 3.24. The summed E-state index contributed by atoms with van der Waals surface area (Å²) in [7, 11) is 0. The van der Waals surface area contributed by atoms with Gasteiger partial charge in [0.25, 0.3) is 0 Å². The number of aromatic nitrogens is 1. The fourth-order valence-electron chi connectivity index (χ4n) is 3.24. The summed E-state index contributed by atoms with van der Waals surface area (Å²) in [6.07, 6.45) is 5.47. The lowest BCUT2D eigenvalue weighted by Crippen LogP contribution is -2.47. The smallest absolute Gasteiger partial charge is 0.0436 e. The van der Waals surface area contributed by atoms with Gasteiger partial charge in [-0.15, -0.1) is 0 Å². The first-order valence-corrected chi connectivity index (χ1v) is 6.79. The molecule has 2 nitrogen and oxygen atoms in total. The van der Waals surface area contributed by atoms with Gasteiger partial charge < -0.3 is 0 Å². The van der Waals surface area contributed by atoms with Gasteiger partial charge in [-0.2, -0.15) is 0 Å². The van der Waals surface area contributed by atoms with Crippen LogP contribution in [0.4, 0.5) is 0 Å². The minimum atomic E-state index is 0.623. The van der Waals surface area contributed by atoms with E-state index >= 15 is 0 Å². The van der Waals surface area contributed by atoms with Crippen LogP contribution in [0.3, 0.4) is 0 Å². The van der Waals surface area contributed by atoms with Crippen molar-refractivity contribution in [3.8, 4) is 0 Å². The average molecular weight is 232 g/mol. The maximum absolute atomic E-state index is 4.48. The Morgan fingerprint density at radius 3 is 2.59 bits per heavy atom. The van der Waals surface area contributed by atoms with Crippen molar-refractivity contribution in [3.05, 3.63) is 29.6 Å². The largest absolute Gasteiger partial charge is 0.295 e. The Balaban J connectivity index is 2.16. The molecule has 1 atom stereocenters. The monoisotopic (exact) mass is 232 g/mol. The Morgan fingerprint density at radius 1 is 1.24 bits per heavy atom. The summed E-state index contributed by atoms with van der Waals surface area (Å²) in [6.45, 7) is 9.22. The van der Waals surface area contributed by atoms with E-state index in [0.29, 0.717) is 18.1 Å². The van der Waals surface area contributed by atoms with Crippen LogP contribution in [0.5, 0.6) is 0 Å². The Kier molecular flexibility index (Phi) is 3.82. The number of pyridine rings is 1. The summed E-state index contributed by atoms with van der Waals surface area (Å²) >= 11 is 0. The second-order valence-corrected chi connectivity index (χ2v) is 5.64. The van der Waals surface area contributed by atoms with Crippen molar-refractivity contribution in [2.45, 2.75) is 65.1 Å². The third-order valence-corrected chi connectivity index (χ3v) is 3.77. The normalized spacial score (nSPS) is 20.1. The highest BCUT2D eigenvalue weighted by Crippen LogP contribution is 2.25. The minimum absolute atomic E-state index is 0.623.